The molecule has 2 heterocycles. The topological polar surface area (TPSA) is 62.3 Å². The van der Waals surface area contributed by atoms with E-state index in [-0.39, 0.29) is 0 Å². The molecule has 100 valence electrons. The van der Waals surface area contributed by atoms with Crippen LogP contribution < -0.4 is 10.7 Å². The molecule has 1 aromatic heterocycles. The van der Waals surface area contributed by atoms with Crippen LogP contribution in [-0.4, -0.2) is 48.3 Å². The van der Waals surface area contributed by atoms with Crippen molar-refractivity contribution in [1.29, 1.82) is 0 Å². The van der Waals surface area contributed by atoms with Gasteiger partial charge in [-0.05, 0) is 12.1 Å². The van der Waals surface area contributed by atoms with E-state index in [4.69, 9.17) is 4.74 Å². The summed E-state index contributed by atoms with van der Waals surface area (Å²) in [5.74, 6) is 1.45. The highest BCUT2D eigenvalue weighted by Gasteiger charge is 2.13. The smallest absolute Gasteiger partial charge is 0.225 e. The third-order valence-electron chi connectivity index (χ3n) is 3.10. The number of morpholine rings is 1. The van der Waals surface area contributed by atoms with Gasteiger partial charge in [-0.25, -0.2) is 9.99 Å². The summed E-state index contributed by atoms with van der Waals surface area (Å²) in [4.78, 5) is 8.94. The second-order valence-electron chi connectivity index (χ2n) is 4.37. The Balaban J connectivity index is 1.95. The number of nitrogens with one attached hydrogen (secondary N) is 2. The molecule has 0 atom stereocenters. The van der Waals surface area contributed by atoms with E-state index in [9.17, 15) is 0 Å². The summed E-state index contributed by atoms with van der Waals surface area (Å²) in [6.45, 7) is 3.20. The van der Waals surface area contributed by atoms with Gasteiger partial charge in [0.2, 0.25) is 5.95 Å². The largest absolute Gasteiger partial charge is 0.379 e. The first kappa shape index (κ1) is 12.1. The zero-order chi connectivity index (χ0) is 13.1. The van der Waals surface area contributed by atoms with Crippen LogP contribution in [-0.2, 0) is 4.74 Å². The van der Waals surface area contributed by atoms with Gasteiger partial charge in [-0.15, -0.1) is 0 Å². The van der Waals surface area contributed by atoms with Gasteiger partial charge in [0, 0.05) is 25.5 Å². The molecule has 19 heavy (non-hydrogen) atoms. The maximum absolute atomic E-state index is 5.34. The molecular weight excluding hydrogens is 242 g/mol. The fraction of sp³-hybridized carbons (Fsp3) is 0.385. The van der Waals surface area contributed by atoms with Gasteiger partial charge in [0.05, 0.1) is 18.7 Å². The first-order valence-electron chi connectivity index (χ1n) is 6.41. The molecule has 0 radical (unpaired) electrons. The number of rotatable bonds is 3. The standard InChI is InChI=1S/C13H17N5O/c1-14-13-15-11-5-3-2-4-10(11)12(16-13)17-18-6-8-19-9-7-18/h2-5H,6-9H2,1H3,(H2,14,15,16,17). The highest BCUT2D eigenvalue weighted by molar-refractivity contribution is 5.89. The second-order valence-corrected chi connectivity index (χ2v) is 4.37. The Morgan fingerprint density at radius 2 is 1.95 bits per heavy atom. The fourth-order valence-electron chi connectivity index (χ4n) is 2.10. The Morgan fingerprint density at radius 3 is 2.74 bits per heavy atom. The molecule has 0 spiro atoms. The number of hydrazine groups is 1. The van der Waals surface area contributed by atoms with Crippen LogP contribution in [0.5, 0.6) is 0 Å². The maximum atomic E-state index is 5.34. The van der Waals surface area contributed by atoms with Gasteiger partial charge in [-0.3, -0.25) is 0 Å². The third-order valence-corrected chi connectivity index (χ3v) is 3.10. The molecule has 0 aliphatic carbocycles. The van der Waals surface area contributed by atoms with Crippen molar-refractivity contribution in [2.24, 2.45) is 0 Å². The van der Waals surface area contributed by atoms with E-state index in [2.05, 4.69) is 25.7 Å². The van der Waals surface area contributed by atoms with Crippen molar-refractivity contribution in [3.8, 4) is 0 Å². The first-order chi connectivity index (χ1) is 9.36. The van der Waals surface area contributed by atoms with E-state index in [0.717, 1.165) is 43.0 Å². The zero-order valence-electron chi connectivity index (χ0n) is 10.9. The third kappa shape index (κ3) is 2.59. The van der Waals surface area contributed by atoms with Crippen LogP contribution in [0.3, 0.4) is 0 Å². The van der Waals surface area contributed by atoms with Gasteiger partial charge in [-0.1, -0.05) is 12.1 Å². The molecule has 1 aliphatic heterocycles. The predicted octanol–water partition coefficient (Wildman–Crippen LogP) is 1.33. The van der Waals surface area contributed by atoms with Crippen LogP contribution in [0.2, 0.25) is 0 Å². The van der Waals surface area contributed by atoms with Crippen molar-refractivity contribution in [3.05, 3.63) is 24.3 Å². The molecule has 1 saturated heterocycles. The lowest BCUT2D eigenvalue weighted by molar-refractivity contribution is 0.0495. The van der Waals surface area contributed by atoms with E-state index in [1.807, 2.05) is 31.3 Å². The number of hydrogen-bond donors (Lipinski definition) is 2. The lowest BCUT2D eigenvalue weighted by atomic mass is 10.2. The van der Waals surface area contributed by atoms with E-state index in [1.54, 1.807) is 0 Å². The van der Waals surface area contributed by atoms with E-state index >= 15 is 0 Å². The minimum atomic E-state index is 0.620. The van der Waals surface area contributed by atoms with Gasteiger partial charge in [-0.2, -0.15) is 4.98 Å². The van der Waals surface area contributed by atoms with Gasteiger partial charge < -0.3 is 15.5 Å². The molecule has 0 saturated carbocycles. The van der Waals surface area contributed by atoms with Crippen LogP contribution in [0.25, 0.3) is 10.9 Å². The molecule has 1 aromatic carbocycles. The summed E-state index contributed by atoms with van der Waals surface area (Å²) in [5.41, 5.74) is 4.29. The summed E-state index contributed by atoms with van der Waals surface area (Å²) in [6.07, 6.45) is 0. The van der Waals surface area contributed by atoms with Crippen molar-refractivity contribution < 1.29 is 4.74 Å². The predicted molar refractivity (Wildman–Crippen MR) is 75.1 cm³/mol. The summed E-state index contributed by atoms with van der Waals surface area (Å²) in [6, 6.07) is 7.99. The molecular formula is C13H17N5O. The zero-order valence-corrected chi connectivity index (χ0v) is 10.9. The van der Waals surface area contributed by atoms with Crippen molar-refractivity contribution in [2.45, 2.75) is 0 Å². The van der Waals surface area contributed by atoms with Gasteiger partial charge >= 0.3 is 0 Å². The van der Waals surface area contributed by atoms with Crippen molar-refractivity contribution in [2.75, 3.05) is 44.1 Å². The van der Waals surface area contributed by atoms with Crippen molar-refractivity contribution >= 4 is 22.7 Å². The molecule has 3 rings (SSSR count). The van der Waals surface area contributed by atoms with E-state index in [0.29, 0.717) is 5.95 Å². The molecule has 6 heteroatoms. The lowest BCUT2D eigenvalue weighted by Crippen LogP contribution is -2.40. The number of hydrogen-bond acceptors (Lipinski definition) is 6. The second kappa shape index (κ2) is 5.38. The SMILES string of the molecule is CNc1nc(NN2CCOCC2)c2ccccc2n1. The number of para-hydroxylation sites is 1. The quantitative estimate of drug-likeness (QED) is 0.867. The minimum Gasteiger partial charge on any atom is -0.379 e. The molecule has 2 N–H and O–H groups in total. The lowest BCUT2D eigenvalue weighted by Gasteiger charge is -2.27. The monoisotopic (exact) mass is 259 g/mol. The first-order valence-corrected chi connectivity index (χ1v) is 6.41. The summed E-state index contributed by atoms with van der Waals surface area (Å²) < 4.78 is 5.34. The van der Waals surface area contributed by atoms with Crippen molar-refractivity contribution in [1.82, 2.24) is 15.0 Å². The van der Waals surface area contributed by atoms with Crippen LogP contribution >= 0.6 is 0 Å². The Bertz CT molecular complexity index is 568. The molecule has 0 amide bonds. The fourth-order valence-corrected chi connectivity index (χ4v) is 2.10. The molecule has 0 unspecified atom stereocenters. The average molecular weight is 259 g/mol. The number of ether oxygens (including phenoxy) is 1. The number of benzene rings is 1. The molecule has 1 fully saturated rings. The highest BCUT2D eigenvalue weighted by atomic mass is 16.5. The van der Waals surface area contributed by atoms with Crippen LogP contribution in [0.4, 0.5) is 11.8 Å². The highest BCUT2D eigenvalue weighted by Crippen LogP contribution is 2.22. The van der Waals surface area contributed by atoms with Crippen LogP contribution in [0.15, 0.2) is 24.3 Å². The van der Waals surface area contributed by atoms with Crippen LogP contribution in [0, 0.1) is 0 Å². The Kier molecular flexibility index (Phi) is 3.43. The number of fused-ring (bicyclic) bond motifs is 1. The van der Waals surface area contributed by atoms with Gasteiger partial charge in [0.15, 0.2) is 5.82 Å². The number of aromatic nitrogens is 2. The minimum absolute atomic E-state index is 0.620. The molecule has 1 aliphatic rings. The Labute approximate surface area is 111 Å². The summed E-state index contributed by atoms with van der Waals surface area (Å²) >= 11 is 0. The Hall–Kier alpha value is -1.92. The van der Waals surface area contributed by atoms with Gasteiger partial charge in [0.1, 0.15) is 0 Å². The molecule has 6 nitrogen and oxygen atoms in total. The van der Waals surface area contributed by atoms with Gasteiger partial charge in [0.25, 0.3) is 0 Å². The normalized spacial score (nSPS) is 16.5. The molecule has 0 bridgehead atoms. The van der Waals surface area contributed by atoms with E-state index in [1.165, 1.54) is 0 Å². The number of nitrogens with zero attached hydrogens (tertiary/aromatic N) is 3. The summed E-state index contributed by atoms with van der Waals surface area (Å²) in [5, 5.41) is 6.14. The molecule has 2 aromatic rings. The van der Waals surface area contributed by atoms with Crippen molar-refractivity contribution in [3.63, 3.8) is 0 Å². The van der Waals surface area contributed by atoms with Crippen LogP contribution in [0.1, 0.15) is 0 Å². The van der Waals surface area contributed by atoms with E-state index < -0.39 is 0 Å². The average Bonchev–Trinajstić information content (AvgIpc) is 2.48. The Morgan fingerprint density at radius 1 is 1.16 bits per heavy atom. The summed E-state index contributed by atoms with van der Waals surface area (Å²) in [7, 11) is 1.82. The maximum Gasteiger partial charge on any atom is 0.225 e. The number of anilines is 2.